The van der Waals surface area contributed by atoms with Crippen molar-refractivity contribution in [3.8, 4) is 17.1 Å². The molecular weight excluding hydrogens is 478 g/mol. The minimum Gasteiger partial charge on any atom is -0.290 e. The van der Waals surface area contributed by atoms with Gasteiger partial charge in [-0.1, -0.05) is 6.92 Å². The minimum atomic E-state index is -4.70. The zero-order valence-corrected chi connectivity index (χ0v) is 17.2. The highest BCUT2D eigenvalue weighted by Crippen LogP contribution is 2.32. The third-order valence-corrected chi connectivity index (χ3v) is 6.32. The van der Waals surface area contributed by atoms with Crippen LogP contribution in [0.1, 0.15) is 18.3 Å². The first-order valence-electron chi connectivity index (χ1n) is 9.08. The highest BCUT2D eigenvalue weighted by atomic mass is 32.2. The summed E-state index contributed by atoms with van der Waals surface area (Å²) in [6.07, 6.45) is -5.20. The number of fused-ring (bicyclic) bond motifs is 1. The molecule has 0 atom stereocenters. The van der Waals surface area contributed by atoms with E-state index in [1.807, 2.05) is 0 Å². The lowest BCUT2D eigenvalue weighted by atomic mass is 10.3. The fraction of sp³-hybridized carbons (Fsp3) is 0.222. The highest BCUT2D eigenvalue weighted by molar-refractivity contribution is 7.91. The molecule has 174 valence electrons. The van der Waals surface area contributed by atoms with Gasteiger partial charge in [0.1, 0.15) is 29.1 Å². The first-order valence-corrected chi connectivity index (χ1v) is 10.7. The number of pyridine rings is 1. The van der Waals surface area contributed by atoms with Crippen LogP contribution in [0.2, 0.25) is 0 Å². The van der Waals surface area contributed by atoms with Crippen LogP contribution in [0.4, 0.5) is 26.3 Å². The maximum absolute atomic E-state index is 12.9. The molecule has 0 saturated heterocycles. The van der Waals surface area contributed by atoms with Crippen molar-refractivity contribution in [2.45, 2.75) is 24.2 Å². The summed E-state index contributed by atoms with van der Waals surface area (Å²) < 4.78 is 105. The first kappa shape index (κ1) is 22.7. The number of hydrogen-bond donors (Lipinski definition) is 0. The number of alkyl halides is 6. The van der Waals surface area contributed by atoms with Crippen molar-refractivity contribution in [1.82, 2.24) is 29.1 Å². The summed E-state index contributed by atoms with van der Waals surface area (Å²) in [6, 6.07) is 2.49. The number of hydrogen-bond acceptors (Lipinski definition) is 6. The number of nitrogens with zero attached hydrogens (tertiary/aromatic N) is 6. The predicted molar refractivity (Wildman–Crippen MR) is 101 cm³/mol. The van der Waals surface area contributed by atoms with Crippen LogP contribution in [0.25, 0.3) is 22.7 Å². The van der Waals surface area contributed by atoms with Gasteiger partial charge in [-0.05, 0) is 12.1 Å². The third-order valence-electron chi connectivity index (χ3n) is 4.58. The van der Waals surface area contributed by atoms with E-state index in [1.165, 1.54) is 13.1 Å². The molecule has 4 heterocycles. The van der Waals surface area contributed by atoms with E-state index in [1.54, 1.807) is 0 Å². The molecule has 0 aliphatic rings. The van der Waals surface area contributed by atoms with Crippen molar-refractivity contribution in [3.05, 3.63) is 54.5 Å². The summed E-state index contributed by atoms with van der Waals surface area (Å²) in [7, 11) is -3.97. The lowest BCUT2D eigenvalue weighted by Crippen LogP contribution is -2.10. The molecule has 15 heteroatoms. The van der Waals surface area contributed by atoms with Gasteiger partial charge in [-0.3, -0.25) is 9.38 Å². The molecule has 0 aliphatic carbocycles. The predicted octanol–water partition coefficient (Wildman–Crippen LogP) is 3.81. The van der Waals surface area contributed by atoms with E-state index < -0.39 is 33.6 Å². The fourth-order valence-corrected chi connectivity index (χ4v) is 3.99. The Kier molecular flexibility index (Phi) is 5.18. The summed E-state index contributed by atoms with van der Waals surface area (Å²) in [5.41, 5.74) is -2.82. The molecule has 4 aromatic rings. The van der Waals surface area contributed by atoms with E-state index in [0.717, 1.165) is 39.9 Å². The van der Waals surface area contributed by atoms with Gasteiger partial charge in [0.25, 0.3) is 0 Å². The van der Waals surface area contributed by atoms with E-state index in [9.17, 15) is 34.8 Å². The van der Waals surface area contributed by atoms with Gasteiger partial charge in [-0.2, -0.15) is 31.4 Å². The van der Waals surface area contributed by atoms with Gasteiger partial charge in [-0.25, -0.2) is 23.1 Å². The molecular formula is C18H12F6N6O2S. The van der Waals surface area contributed by atoms with Crippen LogP contribution in [-0.4, -0.2) is 43.3 Å². The molecule has 0 fully saturated rings. The molecule has 33 heavy (non-hydrogen) atoms. The normalized spacial score (nSPS) is 13.1. The SMILES string of the molecule is CCS(=O)(=O)c1cc(-n2ccc(C(F)(F)F)n2)cnc1-c1cn2cnc(C(F)(F)F)cc2n1. The van der Waals surface area contributed by atoms with Gasteiger partial charge in [-0.15, -0.1) is 0 Å². The molecule has 0 bridgehead atoms. The van der Waals surface area contributed by atoms with E-state index >= 15 is 0 Å². The van der Waals surface area contributed by atoms with Gasteiger partial charge in [0, 0.05) is 18.5 Å². The van der Waals surface area contributed by atoms with Crippen LogP contribution >= 0.6 is 0 Å². The van der Waals surface area contributed by atoms with E-state index in [0.29, 0.717) is 6.07 Å². The molecule has 0 saturated carbocycles. The molecule has 0 spiro atoms. The lowest BCUT2D eigenvalue weighted by Gasteiger charge is -2.10. The Labute approximate surface area is 181 Å². The molecule has 0 aliphatic heterocycles. The van der Waals surface area contributed by atoms with E-state index in [2.05, 4.69) is 20.1 Å². The van der Waals surface area contributed by atoms with Crippen LogP contribution in [0.15, 0.2) is 48.0 Å². The summed E-state index contributed by atoms with van der Waals surface area (Å²) >= 11 is 0. The molecule has 8 nitrogen and oxygen atoms in total. The summed E-state index contributed by atoms with van der Waals surface area (Å²) in [4.78, 5) is 11.0. The Morgan fingerprint density at radius 1 is 1.00 bits per heavy atom. The quantitative estimate of drug-likeness (QED) is 0.404. The Bertz CT molecular complexity index is 1460. The van der Waals surface area contributed by atoms with Crippen molar-refractivity contribution >= 4 is 15.5 Å². The Balaban J connectivity index is 1.86. The van der Waals surface area contributed by atoms with Gasteiger partial charge in [0.05, 0.1) is 22.5 Å². The van der Waals surface area contributed by atoms with Crippen molar-refractivity contribution in [2.75, 3.05) is 5.75 Å². The second-order valence-corrected chi connectivity index (χ2v) is 9.00. The lowest BCUT2D eigenvalue weighted by molar-refractivity contribution is -0.142. The maximum Gasteiger partial charge on any atom is 0.435 e. The van der Waals surface area contributed by atoms with Gasteiger partial charge >= 0.3 is 12.4 Å². The Morgan fingerprint density at radius 3 is 2.30 bits per heavy atom. The topological polar surface area (TPSA) is 95.0 Å². The smallest absolute Gasteiger partial charge is 0.290 e. The summed E-state index contributed by atoms with van der Waals surface area (Å²) in [5, 5.41) is 3.39. The van der Waals surface area contributed by atoms with Crippen LogP contribution < -0.4 is 0 Å². The van der Waals surface area contributed by atoms with Gasteiger partial charge in [0.15, 0.2) is 15.5 Å². The molecule has 4 aromatic heterocycles. The second-order valence-electron chi connectivity index (χ2n) is 6.75. The average molecular weight is 490 g/mol. The Hall–Kier alpha value is -3.49. The fourth-order valence-electron chi connectivity index (χ4n) is 2.92. The van der Waals surface area contributed by atoms with Gasteiger partial charge < -0.3 is 0 Å². The number of halogens is 6. The monoisotopic (exact) mass is 490 g/mol. The average Bonchev–Trinajstić information content (AvgIpc) is 3.39. The van der Waals surface area contributed by atoms with Crippen molar-refractivity contribution in [2.24, 2.45) is 0 Å². The summed E-state index contributed by atoms with van der Waals surface area (Å²) in [6.45, 7) is 1.35. The third kappa shape index (κ3) is 4.27. The van der Waals surface area contributed by atoms with Crippen LogP contribution in [0.3, 0.4) is 0 Å². The molecule has 0 unspecified atom stereocenters. The minimum absolute atomic E-state index is 0.0638. The molecule has 4 rings (SSSR count). The van der Waals surface area contributed by atoms with Crippen LogP contribution in [-0.2, 0) is 22.2 Å². The zero-order chi connectivity index (χ0) is 24.2. The standard InChI is InChI=1S/C18H12F6N6O2S/c1-2-33(31,32)12-5-10(30-4-3-13(28-30)17(19,20)21)7-25-16(12)11-8-29-9-26-14(18(22,23)24)6-15(29)27-11/h3-9H,2H2,1H3. The Morgan fingerprint density at radius 2 is 1.70 bits per heavy atom. The molecule has 0 N–H and O–H groups in total. The number of aromatic nitrogens is 6. The molecule has 0 radical (unpaired) electrons. The van der Waals surface area contributed by atoms with Crippen LogP contribution in [0.5, 0.6) is 0 Å². The van der Waals surface area contributed by atoms with Crippen molar-refractivity contribution in [1.29, 1.82) is 0 Å². The number of sulfone groups is 1. The van der Waals surface area contributed by atoms with E-state index in [-0.39, 0.29) is 33.4 Å². The maximum atomic E-state index is 12.9. The van der Waals surface area contributed by atoms with E-state index in [4.69, 9.17) is 0 Å². The van der Waals surface area contributed by atoms with Crippen molar-refractivity contribution < 1.29 is 34.8 Å². The van der Waals surface area contributed by atoms with Gasteiger partial charge in [0.2, 0.25) is 0 Å². The first-order chi connectivity index (χ1) is 15.3. The molecule has 0 aromatic carbocycles. The summed E-state index contributed by atoms with van der Waals surface area (Å²) in [5.74, 6) is -0.370. The number of imidazole rings is 1. The zero-order valence-electron chi connectivity index (χ0n) is 16.4. The number of rotatable bonds is 4. The largest absolute Gasteiger partial charge is 0.435 e. The van der Waals surface area contributed by atoms with Crippen molar-refractivity contribution in [3.63, 3.8) is 0 Å². The molecule has 0 amide bonds. The van der Waals surface area contributed by atoms with Crippen LogP contribution in [0, 0.1) is 0 Å². The second kappa shape index (κ2) is 7.54. The highest BCUT2D eigenvalue weighted by Gasteiger charge is 2.34.